The molecule has 8 nitrogen and oxygen atoms in total. The van der Waals surface area contributed by atoms with Crippen molar-refractivity contribution >= 4 is 23.3 Å². The van der Waals surface area contributed by atoms with Gasteiger partial charge in [-0.15, -0.1) is 0 Å². The first-order valence-electron chi connectivity index (χ1n) is 10.2. The van der Waals surface area contributed by atoms with Gasteiger partial charge >= 0.3 is 0 Å². The number of hydrogen-bond donors (Lipinski definition) is 1. The van der Waals surface area contributed by atoms with E-state index in [1.165, 1.54) is 17.0 Å². The number of rotatable bonds is 6. The van der Waals surface area contributed by atoms with Gasteiger partial charge in [0.1, 0.15) is 23.2 Å². The highest BCUT2D eigenvalue weighted by Crippen LogP contribution is 2.31. The first-order chi connectivity index (χ1) is 15.4. The minimum absolute atomic E-state index is 0.0461. The van der Waals surface area contributed by atoms with Gasteiger partial charge in [-0.1, -0.05) is 6.07 Å². The molecule has 0 radical (unpaired) electrons. The van der Waals surface area contributed by atoms with E-state index in [0.717, 1.165) is 5.69 Å². The minimum atomic E-state index is -0.347. The Morgan fingerprint density at radius 2 is 2.00 bits per heavy atom. The van der Waals surface area contributed by atoms with Crippen molar-refractivity contribution in [1.29, 1.82) is 0 Å². The fourth-order valence-corrected chi connectivity index (χ4v) is 3.67. The van der Waals surface area contributed by atoms with Crippen LogP contribution < -0.4 is 10.2 Å². The largest absolute Gasteiger partial charge is 0.373 e. The summed E-state index contributed by atoms with van der Waals surface area (Å²) in [5.74, 6) is 0.306. The van der Waals surface area contributed by atoms with Crippen molar-refractivity contribution in [3.05, 3.63) is 77.8 Å². The van der Waals surface area contributed by atoms with Gasteiger partial charge in [0.25, 0.3) is 5.91 Å². The lowest BCUT2D eigenvalue weighted by molar-refractivity contribution is -0.117. The van der Waals surface area contributed by atoms with Crippen molar-refractivity contribution in [3.8, 4) is 0 Å². The van der Waals surface area contributed by atoms with Gasteiger partial charge < -0.3 is 15.1 Å². The Bertz CT molecular complexity index is 1120. The van der Waals surface area contributed by atoms with E-state index >= 15 is 0 Å². The normalized spacial score (nSPS) is 15.7. The molecular formula is C23H23FN6O2. The Morgan fingerprint density at radius 3 is 2.69 bits per heavy atom. The summed E-state index contributed by atoms with van der Waals surface area (Å²) in [6.07, 6.45) is 1.86. The number of nitrogens with one attached hydrogen (secondary N) is 1. The van der Waals surface area contributed by atoms with Crippen LogP contribution in [0.3, 0.4) is 0 Å². The molecule has 1 fully saturated rings. The molecule has 0 aliphatic carbocycles. The monoisotopic (exact) mass is 434 g/mol. The third kappa shape index (κ3) is 4.56. The van der Waals surface area contributed by atoms with Crippen LogP contribution >= 0.6 is 0 Å². The fourth-order valence-electron chi connectivity index (χ4n) is 3.67. The second-order valence-corrected chi connectivity index (χ2v) is 7.60. The fraction of sp³-hybridized carbons (Fsp3) is 0.261. The lowest BCUT2D eigenvalue weighted by Crippen LogP contribution is -2.28. The summed E-state index contributed by atoms with van der Waals surface area (Å²) in [6.45, 7) is 0.632. The zero-order chi connectivity index (χ0) is 22.7. The summed E-state index contributed by atoms with van der Waals surface area (Å²) in [7, 11) is 3.42. The number of benzene rings is 1. The molecule has 0 saturated carbocycles. The quantitative estimate of drug-likeness (QED) is 0.642. The smallest absolute Gasteiger partial charge is 0.272 e. The van der Waals surface area contributed by atoms with Gasteiger partial charge in [0, 0.05) is 50.9 Å². The number of anilines is 2. The molecular weight excluding hydrogens is 411 g/mol. The molecule has 2 aromatic heterocycles. The van der Waals surface area contributed by atoms with Crippen molar-refractivity contribution in [2.24, 2.45) is 0 Å². The second-order valence-electron chi connectivity index (χ2n) is 7.60. The highest BCUT2D eigenvalue weighted by atomic mass is 19.1. The van der Waals surface area contributed by atoms with Crippen molar-refractivity contribution in [2.75, 3.05) is 30.9 Å². The molecule has 1 aromatic carbocycles. The number of aromatic nitrogens is 3. The summed E-state index contributed by atoms with van der Waals surface area (Å²) in [5, 5.41) is 3.02. The highest BCUT2D eigenvalue weighted by Gasteiger charge is 2.33. The SMILES string of the molecule is CNc1cc([C@H]2CC(=O)N(c3ccc(F)cc3)C2)nc(CN(C)C(=O)c2ccccn2)n1. The number of amides is 2. The van der Waals surface area contributed by atoms with Gasteiger partial charge in [0.15, 0.2) is 0 Å². The van der Waals surface area contributed by atoms with E-state index in [2.05, 4.69) is 20.3 Å². The first-order valence-corrected chi connectivity index (χ1v) is 10.2. The number of pyridine rings is 1. The van der Waals surface area contributed by atoms with E-state index in [-0.39, 0.29) is 30.1 Å². The number of hydrogen-bond acceptors (Lipinski definition) is 6. The molecule has 0 unspecified atom stereocenters. The van der Waals surface area contributed by atoms with Crippen LogP contribution in [0.5, 0.6) is 0 Å². The molecule has 1 N–H and O–H groups in total. The summed E-state index contributed by atoms with van der Waals surface area (Å²) >= 11 is 0. The molecule has 2 amide bonds. The van der Waals surface area contributed by atoms with E-state index in [0.29, 0.717) is 36.0 Å². The molecule has 1 aliphatic rings. The van der Waals surface area contributed by atoms with Gasteiger partial charge in [-0.2, -0.15) is 0 Å². The standard InChI is InChI=1S/C23H23FN6O2/c1-25-20-12-19(15-11-22(31)30(13-15)17-8-6-16(24)7-9-17)27-21(28-20)14-29(2)23(32)18-5-3-4-10-26-18/h3-10,12,15H,11,13-14H2,1-2H3,(H,25,27,28)/t15-/m0/s1. The van der Waals surface area contributed by atoms with Crippen molar-refractivity contribution < 1.29 is 14.0 Å². The Morgan fingerprint density at radius 1 is 1.22 bits per heavy atom. The molecule has 0 spiro atoms. The van der Waals surface area contributed by atoms with E-state index in [4.69, 9.17) is 0 Å². The average Bonchev–Trinajstić information content (AvgIpc) is 3.21. The molecule has 4 rings (SSSR count). The van der Waals surface area contributed by atoms with Crippen LogP contribution in [0, 0.1) is 5.82 Å². The summed E-state index contributed by atoms with van der Waals surface area (Å²) < 4.78 is 13.3. The molecule has 3 aromatic rings. The van der Waals surface area contributed by atoms with Crippen molar-refractivity contribution in [2.45, 2.75) is 18.9 Å². The Labute approximate surface area is 185 Å². The molecule has 1 saturated heterocycles. The molecule has 1 atom stereocenters. The van der Waals surface area contributed by atoms with Gasteiger partial charge in [0.05, 0.1) is 12.2 Å². The lowest BCUT2D eigenvalue weighted by Gasteiger charge is -2.19. The average molecular weight is 434 g/mol. The topological polar surface area (TPSA) is 91.3 Å². The molecule has 3 heterocycles. The number of nitrogens with zero attached hydrogens (tertiary/aromatic N) is 5. The Hall–Kier alpha value is -3.88. The maximum atomic E-state index is 13.3. The second kappa shape index (κ2) is 9.09. The number of carbonyl (C=O) groups excluding carboxylic acids is 2. The summed E-state index contributed by atoms with van der Waals surface area (Å²) in [6, 6.07) is 12.9. The van der Waals surface area contributed by atoms with Gasteiger partial charge in [-0.05, 0) is 36.4 Å². The first kappa shape index (κ1) is 21.4. The summed E-state index contributed by atoms with van der Waals surface area (Å²) in [5.41, 5.74) is 1.72. The van der Waals surface area contributed by atoms with E-state index in [9.17, 15) is 14.0 Å². The molecule has 32 heavy (non-hydrogen) atoms. The van der Waals surface area contributed by atoms with E-state index < -0.39 is 0 Å². The van der Waals surface area contributed by atoms with Crippen LogP contribution in [0.25, 0.3) is 0 Å². The van der Waals surface area contributed by atoms with Crippen LogP contribution in [0.1, 0.15) is 34.3 Å². The zero-order valence-corrected chi connectivity index (χ0v) is 17.8. The zero-order valence-electron chi connectivity index (χ0n) is 17.8. The molecule has 1 aliphatic heterocycles. The summed E-state index contributed by atoms with van der Waals surface area (Å²) in [4.78, 5) is 41.6. The lowest BCUT2D eigenvalue weighted by atomic mass is 10.0. The molecule has 9 heteroatoms. The maximum Gasteiger partial charge on any atom is 0.272 e. The van der Waals surface area contributed by atoms with Gasteiger partial charge in [0.2, 0.25) is 5.91 Å². The molecule has 164 valence electrons. The van der Waals surface area contributed by atoms with Crippen LogP contribution in [-0.4, -0.2) is 52.3 Å². The van der Waals surface area contributed by atoms with Crippen LogP contribution in [0.4, 0.5) is 15.9 Å². The van der Waals surface area contributed by atoms with E-state index in [1.807, 2.05) is 6.07 Å². The van der Waals surface area contributed by atoms with Crippen LogP contribution in [0.15, 0.2) is 54.7 Å². The van der Waals surface area contributed by atoms with Crippen LogP contribution in [0.2, 0.25) is 0 Å². The number of halogens is 1. The molecule has 0 bridgehead atoms. The maximum absolute atomic E-state index is 13.3. The third-order valence-corrected chi connectivity index (χ3v) is 5.34. The minimum Gasteiger partial charge on any atom is -0.373 e. The van der Waals surface area contributed by atoms with Crippen LogP contribution in [-0.2, 0) is 11.3 Å². The Kier molecular flexibility index (Phi) is 6.07. The predicted molar refractivity (Wildman–Crippen MR) is 118 cm³/mol. The number of carbonyl (C=O) groups is 2. The van der Waals surface area contributed by atoms with Crippen molar-refractivity contribution in [3.63, 3.8) is 0 Å². The Balaban J connectivity index is 1.54. The predicted octanol–water partition coefficient (Wildman–Crippen LogP) is 2.85. The van der Waals surface area contributed by atoms with E-state index in [1.54, 1.807) is 55.5 Å². The van der Waals surface area contributed by atoms with Gasteiger partial charge in [-0.25, -0.2) is 14.4 Å². The van der Waals surface area contributed by atoms with Gasteiger partial charge in [-0.3, -0.25) is 14.6 Å². The van der Waals surface area contributed by atoms with Crippen molar-refractivity contribution in [1.82, 2.24) is 19.9 Å². The highest BCUT2D eigenvalue weighted by molar-refractivity contribution is 5.96. The third-order valence-electron chi connectivity index (χ3n) is 5.34.